The van der Waals surface area contributed by atoms with Crippen molar-refractivity contribution < 1.29 is 8.85 Å². The molecular weight excluding hydrogens is 184 g/mol. The molecule has 0 aliphatic carbocycles. The van der Waals surface area contributed by atoms with Crippen molar-refractivity contribution in [2.45, 2.75) is 26.2 Å². The Morgan fingerprint density at radius 3 is 1.42 bits per heavy atom. The standard InChI is InChI=1S/C8H16O2Si2/c1-11(2)9-7-5-6-8-10-12(3)4/h7-8H2,1-4H3. The van der Waals surface area contributed by atoms with Gasteiger partial charge in [-0.25, -0.2) is 0 Å². The lowest BCUT2D eigenvalue weighted by Gasteiger charge is -2.00. The van der Waals surface area contributed by atoms with Crippen molar-refractivity contribution >= 4 is 18.1 Å². The first kappa shape index (κ1) is 11.9. The SMILES string of the molecule is C[Si](C)OCC#CCO[Si](C)C. The molecule has 0 unspecified atom stereocenters. The number of hydrogen-bond acceptors (Lipinski definition) is 2. The van der Waals surface area contributed by atoms with Gasteiger partial charge in [-0.3, -0.25) is 0 Å². The van der Waals surface area contributed by atoms with Gasteiger partial charge in [0.2, 0.25) is 18.1 Å². The van der Waals surface area contributed by atoms with Gasteiger partial charge in [-0.05, 0) is 26.2 Å². The van der Waals surface area contributed by atoms with E-state index in [-0.39, 0.29) is 0 Å². The molecule has 0 bridgehead atoms. The van der Waals surface area contributed by atoms with Crippen LogP contribution in [0.25, 0.3) is 0 Å². The van der Waals surface area contributed by atoms with E-state index >= 15 is 0 Å². The first-order valence-corrected chi connectivity index (χ1v) is 8.76. The fourth-order valence-electron chi connectivity index (χ4n) is 0.463. The summed E-state index contributed by atoms with van der Waals surface area (Å²) in [5, 5.41) is 0. The van der Waals surface area contributed by atoms with Crippen LogP contribution in [0.5, 0.6) is 0 Å². The van der Waals surface area contributed by atoms with Gasteiger partial charge >= 0.3 is 0 Å². The average molecular weight is 200 g/mol. The summed E-state index contributed by atoms with van der Waals surface area (Å²) in [6, 6.07) is 0. The molecule has 0 heterocycles. The molecule has 0 atom stereocenters. The Hall–Kier alpha value is -0.0862. The fraction of sp³-hybridized carbons (Fsp3) is 0.750. The summed E-state index contributed by atoms with van der Waals surface area (Å²) in [5.74, 6) is 5.83. The Morgan fingerprint density at radius 2 is 1.17 bits per heavy atom. The molecule has 0 aromatic heterocycles. The first-order chi connectivity index (χ1) is 5.63. The lowest BCUT2D eigenvalue weighted by molar-refractivity contribution is 0.374. The molecular formula is C8H16O2Si2. The van der Waals surface area contributed by atoms with Gasteiger partial charge in [-0.2, -0.15) is 0 Å². The van der Waals surface area contributed by atoms with Crippen LogP contribution in [-0.2, 0) is 8.85 Å². The van der Waals surface area contributed by atoms with Crippen LogP contribution in [0.1, 0.15) is 0 Å². The highest BCUT2D eigenvalue weighted by Crippen LogP contribution is 1.82. The maximum Gasteiger partial charge on any atom is 0.206 e. The molecule has 68 valence electrons. The molecule has 0 aromatic rings. The van der Waals surface area contributed by atoms with Gasteiger partial charge < -0.3 is 8.85 Å². The normalized spacial score (nSPS) is 10.2. The van der Waals surface area contributed by atoms with Crippen LogP contribution in [0.15, 0.2) is 0 Å². The minimum atomic E-state index is -0.575. The van der Waals surface area contributed by atoms with Crippen LogP contribution < -0.4 is 0 Å². The summed E-state index contributed by atoms with van der Waals surface area (Å²) in [4.78, 5) is 0. The highest BCUT2D eigenvalue weighted by atomic mass is 28.3. The van der Waals surface area contributed by atoms with Crippen LogP contribution in [0.2, 0.25) is 26.2 Å². The summed E-state index contributed by atoms with van der Waals surface area (Å²) >= 11 is 0. The second kappa shape index (κ2) is 7.56. The molecule has 0 spiro atoms. The maximum absolute atomic E-state index is 5.33. The lowest BCUT2D eigenvalue weighted by Crippen LogP contribution is -2.08. The molecule has 2 radical (unpaired) electrons. The first-order valence-electron chi connectivity index (χ1n) is 3.94. The van der Waals surface area contributed by atoms with Gasteiger partial charge in [-0.1, -0.05) is 11.8 Å². The lowest BCUT2D eigenvalue weighted by atomic mass is 10.6. The summed E-state index contributed by atoms with van der Waals surface area (Å²) in [5.41, 5.74) is 0. The Bertz CT molecular complexity index is 142. The van der Waals surface area contributed by atoms with E-state index in [1.807, 2.05) is 0 Å². The van der Waals surface area contributed by atoms with E-state index in [4.69, 9.17) is 8.85 Å². The third kappa shape index (κ3) is 9.91. The summed E-state index contributed by atoms with van der Waals surface area (Å²) in [7, 11) is -1.15. The van der Waals surface area contributed by atoms with Crippen molar-refractivity contribution in [2.24, 2.45) is 0 Å². The van der Waals surface area contributed by atoms with Crippen molar-refractivity contribution in [1.82, 2.24) is 0 Å². The van der Waals surface area contributed by atoms with Gasteiger partial charge in [0.05, 0.1) is 13.2 Å². The Morgan fingerprint density at radius 1 is 0.833 bits per heavy atom. The molecule has 0 rings (SSSR count). The third-order valence-electron chi connectivity index (χ3n) is 0.991. The summed E-state index contributed by atoms with van der Waals surface area (Å²) in [6.45, 7) is 9.51. The quantitative estimate of drug-likeness (QED) is 0.506. The zero-order valence-corrected chi connectivity index (χ0v) is 10.2. The number of rotatable bonds is 4. The molecule has 0 aromatic carbocycles. The highest BCUT2D eigenvalue weighted by molar-refractivity contribution is 6.48. The predicted octanol–water partition coefficient (Wildman–Crippen LogP) is 1.53. The third-order valence-corrected chi connectivity index (χ3v) is 2.43. The van der Waals surface area contributed by atoms with Crippen LogP contribution in [0.4, 0.5) is 0 Å². The smallest absolute Gasteiger partial charge is 0.206 e. The Balaban J connectivity index is 3.23. The van der Waals surface area contributed by atoms with Gasteiger partial charge in [0, 0.05) is 0 Å². The van der Waals surface area contributed by atoms with Crippen molar-refractivity contribution in [1.29, 1.82) is 0 Å². The van der Waals surface area contributed by atoms with Gasteiger partial charge in [0.15, 0.2) is 0 Å². The van der Waals surface area contributed by atoms with Crippen LogP contribution in [0, 0.1) is 11.8 Å². The Kier molecular flexibility index (Phi) is 7.50. The van der Waals surface area contributed by atoms with Crippen LogP contribution in [0.3, 0.4) is 0 Å². The van der Waals surface area contributed by atoms with Gasteiger partial charge in [-0.15, -0.1) is 0 Å². The maximum atomic E-state index is 5.33. The number of hydrogen-bond donors (Lipinski definition) is 0. The highest BCUT2D eigenvalue weighted by Gasteiger charge is 1.93. The molecule has 0 aliphatic rings. The molecule has 0 N–H and O–H groups in total. The van der Waals surface area contributed by atoms with E-state index < -0.39 is 18.1 Å². The van der Waals surface area contributed by atoms with Gasteiger partial charge in [0.1, 0.15) is 0 Å². The Labute approximate surface area is 78.7 Å². The van der Waals surface area contributed by atoms with Crippen LogP contribution >= 0.6 is 0 Å². The molecule has 0 fully saturated rings. The zero-order valence-electron chi connectivity index (χ0n) is 8.23. The van der Waals surface area contributed by atoms with Crippen LogP contribution in [-0.4, -0.2) is 31.3 Å². The topological polar surface area (TPSA) is 18.5 Å². The zero-order chi connectivity index (χ0) is 9.40. The van der Waals surface area contributed by atoms with E-state index in [2.05, 4.69) is 38.0 Å². The van der Waals surface area contributed by atoms with Crippen molar-refractivity contribution in [3.8, 4) is 11.8 Å². The average Bonchev–Trinajstić information content (AvgIpc) is 1.95. The minimum absolute atomic E-state index is 0.556. The van der Waals surface area contributed by atoms with Crippen molar-refractivity contribution in [3.05, 3.63) is 0 Å². The van der Waals surface area contributed by atoms with Gasteiger partial charge in [0.25, 0.3) is 0 Å². The van der Waals surface area contributed by atoms with Crippen molar-refractivity contribution in [3.63, 3.8) is 0 Å². The minimum Gasteiger partial charge on any atom is -0.406 e. The molecule has 0 saturated carbocycles. The largest absolute Gasteiger partial charge is 0.406 e. The molecule has 0 amide bonds. The second-order valence-electron chi connectivity index (χ2n) is 2.75. The predicted molar refractivity (Wildman–Crippen MR) is 54.6 cm³/mol. The van der Waals surface area contributed by atoms with Crippen molar-refractivity contribution in [2.75, 3.05) is 13.2 Å². The van der Waals surface area contributed by atoms with E-state index in [0.717, 1.165) is 0 Å². The summed E-state index contributed by atoms with van der Waals surface area (Å²) in [6.07, 6.45) is 0. The molecule has 12 heavy (non-hydrogen) atoms. The summed E-state index contributed by atoms with van der Waals surface area (Å²) < 4.78 is 10.7. The fourth-order valence-corrected chi connectivity index (χ4v) is 1.18. The molecule has 0 saturated heterocycles. The molecule has 2 nitrogen and oxygen atoms in total. The second-order valence-corrected chi connectivity index (χ2v) is 6.96. The molecule has 0 aliphatic heterocycles. The van der Waals surface area contributed by atoms with E-state index in [1.165, 1.54) is 0 Å². The van der Waals surface area contributed by atoms with E-state index in [9.17, 15) is 0 Å². The van der Waals surface area contributed by atoms with E-state index in [0.29, 0.717) is 13.2 Å². The van der Waals surface area contributed by atoms with E-state index in [1.54, 1.807) is 0 Å². The monoisotopic (exact) mass is 200 g/mol. The molecule has 4 heteroatoms.